The van der Waals surface area contributed by atoms with Crippen molar-refractivity contribution in [3.05, 3.63) is 24.3 Å². The first-order valence-electron chi connectivity index (χ1n) is 20.0. The van der Waals surface area contributed by atoms with E-state index in [0.29, 0.717) is 0 Å². The van der Waals surface area contributed by atoms with Crippen molar-refractivity contribution in [1.82, 2.24) is 4.90 Å². The molecule has 0 aromatic carbocycles. The highest BCUT2D eigenvalue weighted by molar-refractivity contribution is 4.85. The molecule has 3 nitrogen and oxygen atoms in total. The zero-order valence-electron chi connectivity index (χ0n) is 30.4. The van der Waals surface area contributed by atoms with Crippen molar-refractivity contribution < 1.29 is 9.47 Å². The van der Waals surface area contributed by atoms with Gasteiger partial charge in [-0.2, -0.15) is 0 Å². The molecule has 0 amide bonds. The lowest BCUT2D eigenvalue weighted by atomic mass is 10.1. The van der Waals surface area contributed by atoms with Crippen molar-refractivity contribution in [2.24, 2.45) is 0 Å². The van der Waals surface area contributed by atoms with Crippen LogP contribution in [0.3, 0.4) is 0 Å². The van der Waals surface area contributed by atoms with E-state index in [1.165, 1.54) is 180 Å². The van der Waals surface area contributed by atoms with E-state index in [-0.39, 0.29) is 12.2 Å². The minimum Gasteiger partial charge on any atom is -0.374 e. The van der Waals surface area contributed by atoms with Crippen molar-refractivity contribution in [2.75, 3.05) is 33.4 Å². The summed E-state index contributed by atoms with van der Waals surface area (Å²) in [5.74, 6) is 0. The Labute approximate surface area is 277 Å². The van der Waals surface area contributed by atoms with Crippen LogP contribution in [0.2, 0.25) is 0 Å². The highest BCUT2D eigenvalue weighted by Crippen LogP contribution is 2.18. The van der Waals surface area contributed by atoms with Crippen molar-refractivity contribution in [3.63, 3.8) is 0 Å². The topological polar surface area (TPSA) is 21.7 Å². The fourth-order valence-corrected chi connectivity index (χ4v) is 6.41. The largest absolute Gasteiger partial charge is 0.374 e. The maximum Gasteiger partial charge on any atom is 0.0975 e. The van der Waals surface area contributed by atoms with Crippen LogP contribution in [-0.2, 0) is 9.47 Å². The lowest BCUT2D eigenvalue weighted by Crippen LogP contribution is -2.30. The molecule has 0 aromatic rings. The van der Waals surface area contributed by atoms with Gasteiger partial charge in [0, 0.05) is 26.3 Å². The molecule has 2 atom stereocenters. The summed E-state index contributed by atoms with van der Waals surface area (Å²) < 4.78 is 12.6. The number of hydrogen-bond donors (Lipinski definition) is 0. The lowest BCUT2D eigenvalue weighted by molar-refractivity contribution is -0.0481. The SMILES string of the molecule is CCCCCCCCC=CCCCCCCCCOC1CN(C)C[C@H]1OCCCCCCCCC=CCCCCCCCC. The van der Waals surface area contributed by atoms with Crippen LogP contribution in [0.25, 0.3) is 0 Å². The Morgan fingerprint density at radius 1 is 0.409 bits per heavy atom. The highest BCUT2D eigenvalue weighted by atomic mass is 16.5. The summed E-state index contributed by atoms with van der Waals surface area (Å²) in [6.07, 6.45) is 48.1. The number of unbranched alkanes of at least 4 members (excludes halogenated alkanes) is 24. The summed E-state index contributed by atoms with van der Waals surface area (Å²) >= 11 is 0. The first-order valence-corrected chi connectivity index (χ1v) is 20.0. The molecule has 0 radical (unpaired) electrons. The van der Waals surface area contributed by atoms with Gasteiger partial charge in [-0.05, 0) is 71.3 Å². The number of nitrogens with zero attached hydrogens (tertiary/aromatic N) is 1. The molecule has 44 heavy (non-hydrogen) atoms. The van der Waals surface area contributed by atoms with E-state index in [2.05, 4.69) is 50.1 Å². The predicted molar refractivity (Wildman–Crippen MR) is 196 cm³/mol. The van der Waals surface area contributed by atoms with Crippen molar-refractivity contribution >= 4 is 0 Å². The zero-order chi connectivity index (χ0) is 31.6. The number of ether oxygens (including phenoxy) is 2. The van der Waals surface area contributed by atoms with Crippen LogP contribution in [0.5, 0.6) is 0 Å². The number of hydrogen-bond acceptors (Lipinski definition) is 3. The van der Waals surface area contributed by atoms with Crippen molar-refractivity contribution in [3.8, 4) is 0 Å². The molecule has 1 aliphatic rings. The monoisotopic (exact) mass is 618 g/mol. The van der Waals surface area contributed by atoms with E-state index >= 15 is 0 Å². The maximum absolute atomic E-state index is 6.31. The van der Waals surface area contributed by atoms with Crippen LogP contribution in [0.15, 0.2) is 24.3 Å². The first kappa shape index (κ1) is 41.4. The minimum absolute atomic E-state index is 0.261. The van der Waals surface area contributed by atoms with E-state index in [4.69, 9.17) is 9.47 Å². The van der Waals surface area contributed by atoms with Crippen LogP contribution >= 0.6 is 0 Å². The summed E-state index contributed by atoms with van der Waals surface area (Å²) in [6, 6.07) is 0. The van der Waals surface area contributed by atoms with Gasteiger partial charge in [-0.25, -0.2) is 0 Å². The van der Waals surface area contributed by atoms with Gasteiger partial charge in [0.25, 0.3) is 0 Å². The molecule has 1 aliphatic heterocycles. The second-order valence-corrected chi connectivity index (χ2v) is 13.9. The molecule has 0 aliphatic carbocycles. The van der Waals surface area contributed by atoms with E-state index in [1.54, 1.807) is 0 Å². The van der Waals surface area contributed by atoms with E-state index < -0.39 is 0 Å². The molecule has 1 saturated heterocycles. The molecule has 3 heteroatoms. The molecule has 0 saturated carbocycles. The van der Waals surface area contributed by atoms with Crippen LogP contribution in [0.1, 0.15) is 194 Å². The molecule has 0 aromatic heterocycles. The minimum atomic E-state index is 0.261. The Kier molecular flexibility index (Phi) is 31.7. The molecule has 1 fully saturated rings. The third-order valence-electron chi connectivity index (χ3n) is 9.37. The second kappa shape index (κ2) is 33.7. The summed E-state index contributed by atoms with van der Waals surface area (Å²) in [7, 11) is 2.20. The molecule has 1 heterocycles. The van der Waals surface area contributed by atoms with E-state index in [9.17, 15) is 0 Å². The van der Waals surface area contributed by atoms with Gasteiger partial charge in [-0.15, -0.1) is 0 Å². The van der Waals surface area contributed by atoms with Crippen molar-refractivity contribution in [1.29, 1.82) is 0 Å². The quantitative estimate of drug-likeness (QED) is 0.0529. The number of rotatable bonds is 34. The van der Waals surface area contributed by atoms with Crippen LogP contribution in [0, 0.1) is 0 Å². The summed E-state index contributed by atoms with van der Waals surface area (Å²) in [4.78, 5) is 2.37. The Morgan fingerprint density at radius 2 is 0.682 bits per heavy atom. The molecule has 1 rings (SSSR count). The Morgan fingerprint density at radius 3 is 1.00 bits per heavy atom. The summed E-state index contributed by atoms with van der Waals surface area (Å²) in [5, 5.41) is 0. The average molecular weight is 618 g/mol. The Balaban J connectivity index is 1.87. The first-order chi connectivity index (χ1) is 21.8. The second-order valence-electron chi connectivity index (χ2n) is 13.9. The van der Waals surface area contributed by atoms with Crippen LogP contribution in [-0.4, -0.2) is 50.5 Å². The van der Waals surface area contributed by atoms with Gasteiger partial charge in [-0.3, -0.25) is 0 Å². The smallest absolute Gasteiger partial charge is 0.0975 e. The molecule has 0 N–H and O–H groups in total. The number of likely N-dealkylation sites (N-methyl/N-ethyl adjacent to an activating group) is 1. The van der Waals surface area contributed by atoms with Gasteiger partial charge < -0.3 is 14.4 Å². The van der Waals surface area contributed by atoms with Gasteiger partial charge in [0.2, 0.25) is 0 Å². The predicted octanol–water partition coefficient (Wildman–Crippen LogP) is 12.8. The fraction of sp³-hybridized carbons (Fsp3) is 0.902. The van der Waals surface area contributed by atoms with Gasteiger partial charge in [0.15, 0.2) is 0 Å². The summed E-state index contributed by atoms with van der Waals surface area (Å²) in [5.41, 5.74) is 0. The zero-order valence-corrected chi connectivity index (χ0v) is 30.4. The molecule has 260 valence electrons. The lowest BCUT2D eigenvalue weighted by Gasteiger charge is -2.20. The van der Waals surface area contributed by atoms with Gasteiger partial charge >= 0.3 is 0 Å². The van der Waals surface area contributed by atoms with E-state index in [0.717, 1.165) is 26.3 Å². The van der Waals surface area contributed by atoms with Gasteiger partial charge in [0.1, 0.15) is 0 Å². The molecule has 1 unspecified atom stereocenters. The number of likely N-dealkylation sites (tertiary alicyclic amines) is 1. The third-order valence-corrected chi connectivity index (χ3v) is 9.37. The maximum atomic E-state index is 6.31. The van der Waals surface area contributed by atoms with Crippen LogP contribution in [0.4, 0.5) is 0 Å². The van der Waals surface area contributed by atoms with E-state index in [1.807, 2.05) is 0 Å². The fourth-order valence-electron chi connectivity index (χ4n) is 6.41. The number of allylic oxidation sites excluding steroid dienone is 4. The van der Waals surface area contributed by atoms with Gasteiger partial charge in [0.05, 0.1) is 12.2 Å². The third kappa shape index (κ3) is 27.7. The standard InChI is InChI=1S/C41H79NO2/c1-4-6-8-10-12-14-16-18-20-22-24-26-28-30-32-34-36-43-40-38-42(3)39-41(40)44-37-35-33-31-29-27-25-23-21-19-17-15-13-11-9-7-5-2/h18-21,40-41H,4-17,22-39H2,1-3H3/t40-,41?/m1/s1. The molecule has 0 spiro atoms. The molecule has 0 bridgehead atoms. The Hall–Kier alpha value is -0.640. The average Bonchev–Trinajstić information content (AvgIpc) is 3.38. The van der Waals surface area contributed by atoms with Crippen molar-refractivity contribution in [2.45, 2.75) is 206 Å². The molecular weight excluding hydrogens is 538 g/mol. The Bertz CT molecular complexity index is 566. The summed E-state index contributed by atoms with van der Waals surface area (Å²) in [6.45, 7) is 8.41. The normalized spacial score (nSPS) is 17.6. The van der Waals surface area contributed by atoms with Crippen LogP contribution < -0.4 is 0 Å². The highest BCUT2D eigenvalue weighted by Gasteiger charge is 2.32. The molecular formula is C41H79NO2. The van der Waals surface area contributed by atoms with Gasteiger partial charge in [-0.1, -0.05) is 154 Å².